The fourth-order valence-electron chi connectivity index (χ4n) is 2.04. The Labute approximate surface area is 126 Å². The number of sulfonamides is 1. The summed E-state index contributed by atoms with van der Waals surface area (Å²) in [4.78, 5) is 0. The molecule has 1 aromatic rings. The van der Waals surface area contributed by atoms with Crippen LogP contribution in [0, 0.1) is 0 Å². The number of para-hydroxylation sites is 1. The average molecular weight is 321 g/mol. The zero-order valence-corrected chi connectivity index (χ0v) is 12.9. The minimum Gasteiger partial charge on any atom is -0.492 e. The normalized spacial score (nSPS) is 16.4. The molecule has 0 unspecified atom stereocenters. The van der Waals surface area contributed by atoms with Gasteiger partial charge < -0.3 is 10.1 Å². The SMILES string of the molecule is Cl.O=S(=O)(CCOc1ccccc1)NC1CCNCC1. The molecule has 20 heavy (non-hydrogen) atoms. The van der Waals surface area contributed by atoms with Crippen molar-refractivity contribution < 1.29 is 13.2 Å². The van der Waals surface area contributed by atoms with E-state index in [0.717, 1.165) is 25.9 Å². The lowest BCUT2D eigenvalue weighted by Crippen LogP contribution is -2.44. The first-order valence-corrected chi connectivity index (χ1v) is 8.19. The smallest absolute Gasteiger partial charge is 0.215 e. The van der Waals surface area contributed by atoms with Crippen LogP contribution in [0.15, 0.2) is 30.3 Å². The molecule has 0 saturated carbocycles. The van der Waals surface area contributed by atoms with Crippen LogP contribution in [0.1, 0.15) is 12.8 Å². The number of hydrogen-bond acceptors (Lipinski definition) is 4. The fourth-order valence-corrected chi connectivity index (χ4v) is 3.20. The number of nitrogens with one attached hydrogen (secondary N) is 2. The molecule has 2 N–H and O–H groups in total. The highest BCUT2D eigenvalue weighted by atomic mass is 35.5. The summed E-state index contributed by atoms with van der Waals surface area (Å²) in [5.74, 6) is 0.686. The van der Waals surface area contributed by atoms with Crippen molar-refractivity contribution in [2.45, 2.75) is 18.9 Å². The van der Waals surface area contributed by atoms with E-state index in [2.05, 4.69) is 10.0 Å². The van der Waals surface area contributed by atoms with Gasteiger partial charge in [-0.1, -0.05) is 18.2 Å². The van der Waals surface area contributed by atoms with Gasteiger partial charge in [-0.05, 0) is 38.1 Å². The first-order valence-electron chi connectivity index (χ1n) is 6.54. The van der Waals surface area contributed by atoms with Gasteiger partial charge in [-0.3, -0.25) is 0 Å². The van der Waals surface area contributed by atoms with Gasteiger partial charge >= 0.3 is 0 Å². The van der Waals surface area contributed by atoms with Gasteiger partial charge in [0.2, 0.25) is 10.0 Å². The van der Waals surface area contributed by atoms with Crippen LogP contribution in [0.25, 0.3) is 0 Å². The van der Waals surface area contributed by atoms with E-state index in [1.54, 1.807) is 0 Å². The zero-order chi connectivity index (χ0) is 13.6. The minimum absolute atomic E-state index is 0. The van der Waals surface area contributed by atoms with E-state index in [4.69, 9.17) is 4.74 Å². The molecule has 1 aliphatic rings. The maximum Gasteiger partial charge on any atom is 0.215 e. The second kappa shape index (κ2) is 8.46. The molecule has 0 radical (unpaired) electrons. The van der Waals surface area contributed by atoms with Crippen molar-refractivity contribution in [3.8, 4) is 5.75 Å². The number of halogens is 1. The largest absolute Gasteiger partial charge is 0.492 e. The molecule has 1 aliphatic heterocycles. The second-order valence-corrected chi connectivity index (χ2v) is 6.50. The summed E-state index contributed by atoms with van der Waals surface area (Å²) in [5, 5.41) is 3.21. The number of piperidine rings is 1. The summed E-state index contributed by atoms with van der Waals surface area (Å²) < 4.78 is 31.9. The van der Waals surface area contributed by atoms with Crippen molar-refractivity contribution in [3.05, 3.63) is 30.3 Å². The lowest BCUT2D eigenvalue weighted by atomic mass is 10.1. The summed E-state index contributed by atoms with van der Waals surface area (Å²) in [7, 11) is -3.25. The van der Waals surface area contributed by atoms with Gasteiger partial charge in [-0.2, -0.15) is 0 Å². The Morgan fingerprint density at radius 2 is 1.85 bits per heavy atom. The Morgan fingerprint density at radius 3 is 2.50 bits per heavy atom. The molecule has 114 valence electrons. The summed E-state index contributed by atoms with van der Waals surface area (Å²) in [6, 6.07) is 9.29. The first-order chi connectivity index (χ1) is 9.16. The van der Waals surface area contributed by atoms with Crippen LogP contribution in [0.4, 0.5) is 0 Å². The van der Waals surface area contributed by atoms with Gasteiger partial charge in [0.15, 0.2) is 0 Å². The summed E-state index contributed by atoms with van der Waals surface area (Å²) in [6.07, 6.45) is 1.69. The quantitative estimate of drug-likeness (QED) is 0.825. The predicted octanol–water partition coefficient (Wildman–Crippen LogP) is 1.16. The fraction of sp³-hybridized carbons (Fsp3) is 0.538. The molecule has 1 aromatic carbocycles. The molecule has 1 fully saturated rings. The van der Waals surface area contributed by atoms with Crippen molar-refractivity contribution in [2.24, 2.45) is 0 Å². The number of ether oxygens (including phenoxy) is 1. The van der Waals surface area contributed by atoms with Gasteiger partial charge in [0.05, 0.1) is 5.75 Å². The monoisotopic (exact) mass is 320 g/mol. The molecule has 0 bridgehead atoms. The Kier molecular flexibility index (Phi) is 7.29. The van der Waals surface area contributed by atoms with Crippen LogP contribution >= 0.6 is 12.4 Å². The summed E-state index contributed by atoms with van der Waals surface area (Å²) >= 11 is 0. The third-order valence-electron chi connectivity index (χ3n) is 3.05. The van der Waals surface area contributed by atoms with Crippen molar-refractivity contribution in [3.63, 3.8) is 0 Å². The van der Waals surface area contributed by atoms with Crippen molar-refractivity contribution in [1.82, 2.24) is 10.0 Å². The first kappa shape index (κ1) is 17.2. The van der Waals surface area contributed by atoms with Gasteiger partial charge in [-0.25, -0.2) is 13.1 Å². The standard InChI is InChI=1S/C13H20N2O3S.ClH/c16-19(17,15-12-6-8-14-9-7-12)11-10-18-13-4-2-1-3-5-13;/h1-5,12,14-15H,6-11H2;1H. The summed E-state index contributed by atoms with van der Waals surface area (Å²) in [5.41, 5.74) is 0. The third kappa shape index (κ3) is 6.09. The topological polar surface area (TPSA) is 67.4 Å². The molecule has 7 heteroatoms. The molecule has 0 aromatic heterocycles. The summed E-state index contributed by atoms with van der Waals surface area (Å²) in [6.45, 7) is 1.91. The molecule has 1 saturated heterocycles. The molecular formula is C13H21ClN2O3S. The highest BCUT2D eigenvalue weighted by Gasteiger charge is 2.19. The molecule has 0 amide bonds. The highest BCUT2D eigenvalue weighted by Crippen LogP contribution is 2.08. The molecule has 0 atom stereocenters. The molecule has 2 rings (SSSR count). The van der Waals surface area contributed by atoms with Crippen LogP contribution in [0.3, 0.4) is 0 Å². The van der Waals surface area contributed by atoms with Gasteiger partial charge in [-0.15, -0.1) is 12.4 Å². The van der Waals surface area contributed by atoms with Crippen LogP contribution in [-0.2, 0) is 10.0 Å². The lowest BCUT2D eigenvalue weighted by molar-refractivity contribution is 0.339. The Hall–Kier alpha value is -0.820. The maximum absolute atomic E-state index is 11.9. The molecule has 0 spiro atoms. The molecule has 5 nitrogen and oxygen atoms in total. The van der Waals surface area contributed by atoms with E-state index >= 15 is 0 Å². The zero-order valence-electron chi connectivity index (χ0n) is 11.2. The van der Waals surface area contributed by atoms with Gasteiger partial charge in [0, 0.05) is 6.04 Å². The maximum atomic E-state index is 11.9. The van der Waals surface area contributed by atoms with Crippen molar-refractivity contribution in [2.75, 3.05) is 25.4 Å². The second-order valence-electron chi connectivity index (χ2n) is 4.62. The van der Waals surface area contributed by atoms with Crippen molar-refractivity contribution >= 4 is 22.4 Å². The van der Waals surface area contributed by atoms with Crippen LogP contribution in [0.5, 0.6) is 5.75 Å². The minimum atomic E-state index is -3.25. The lowest BCUT2D eigenvalue weighted by Gasteiger charge is -2.23. The van der Waals surface area contributed by atoms with E-state index in [-0.39, 0.29) is 30.8 Å². The average Bonchev–Trinajstić information content (AvgIpc) is 2.40. The van der Waals surface area contributed by atoms with E-state index in [0.29, 0.717) is 5.75 Å². The third-order valence-corrected chi connectivity index (χ3v) is 4.45. The van der Waals surface area contributed by atoms with Crippen LogP contribution < -0.4 is 14.8 Å². The van der Waals surface area contributed by atoms with Gasteiger partial charge in [0.25, 0.3) is 0 Å². The van der Waals surface area contributed by atoms with Crippen LogP contribution in [0.2, 0.25) is 0 Å². The van der Waals surface area contributed by atoms with Crippen LogP contribution in [-0.4, -0.2) is 39.9 Å². The van der Waals surface area contributed by atoms with Gasteiger partial charge in [0.1, 0.15) is 12.4 Å². The molecule has 0 aliphatic carbocycles. The molecule has 1 heterocycles. The van der Waals surface area contributed by atoms with Crippen molar-refractivity contribution in [1.29, 1.82) is 0 Å². The number of hydrogen-bond donors (Lipinski definition) is 2. The number of rotatable bonds is 6. The van der Waals surface area contributed by atoms with E-state index < -0.39 is 10.0 Å². The molecular weight excluding hydrogens is 300 g/mol. The highest BCUT2D eigenvalue weighted by molar-refractivity contribution is 7.89. The Bertz CT molecular complexity index is 476. The Morgan fingerprint density at radius 1 is 1.20 bits per heavy atom. The van der Waals surface area contributed by atoms with E-state index in [1.807, 2.05) is 30.3 Å². The number of benzene rings is 1. The predicted molar refractivity (Wildman–Crippen MR) is 82.0 cm³/mol. The Balaban J connectivity index is 0.00000200. The van der Waals surface area contributed by atoms with E-state index in [9.17, 15) is 8.42 Å². The van der Waals surface area contributed by atoms with E-state index in [1.165, 1.54) is 0 Å².